The Kier molecular flexibility index (Phi) is 5.88. The molecule has 1 saturated carbocycles. The first kappa shape index (κ1) is 18.7. The molecule has 5 nitrogen and oxygen atoms in total. The molecule has 1 aliphatic heterocycles. The van der Waals surface area contributed by atoms with E-state index in [-0.39, 0.29) is 36.2 Å². The number of nitrogens with one attached hydrogen (secondary N) is 1. The highest BCUT2D eigenvalue weighted by molar-refractivity contribution is 5.98. The zero-order chi connectivity index (χ0) is 16.6. The van der Waals surface area contributed by atoms with Crippen molar-refractivity contribution in [1.29, 1.82) is 0 Å². The summed E-state index contributed by atoms with van der Waals surface area (Å²) in [4.78, 5) is 26.7. The molecule has 4 atom stereocenters. The van der Waals surface area contributed by atoms with Gasteiger partial charge in [-0.15, -0.1) is 12.4 Å². The first-order valence-electron chi connectivity index (χ1n) is 8.41. The van der Waals surface area contributed by atoms with Crippen molar-refractivity contribution in [2.75, 3.05) is 18.4 Å². The lowest BCUT2D eigenvalue weighted by Crippen LogP contribution is -2.34. The SMILES string of the molecule is CC1CC1C(=O)Nc1cccc(C(=O)N2CC(CN)CC2C)c1.Cl. The van der Waals surface area contributed by atoms with Gasteiger partial charge in [0, 0.05) is 29.8 Å². The molecule has 0 radical (unpaired) electrons. The van der Waals surface area contributed by atoms with Crippen LogP contribution in [-0.2, 0) is 4.79 Å². The zero-order valence-electron chi connectivity index (χ0n) is 14.2. The molecule has 2 fully saturated rings. The van der Waals surface area contributed by atoms with Gasteiger partial charge in [-0.25, -0.2) is 0 Å². The van der Waals surface area contributed by atoms with Gasteiger partial charge in [0.2, 0.25) is 5.91 Å². The normalized spacial score (nSPS) is 28.2. The van der Waals surface area contributed by atoms with Gasteiger partial charge in [-0.05, 0) is 56.3 Å². The maximum absolute atomic E-state index is 12.7. The molecular weight excluding hydrogens is 326 g/mol. The van der Waals surface area contributed by atoms with Gasteiger partial charge in [0.05, 0.1) is 0 Å². The maximum atomic E-state index is 12.7. The summed E-state index contributed by atoms with van der Waals surface area (Å²) in [6, 6.07) is 7.44. The van der Waals surface area contributed by atoms with Crippen LogP contribution < -0.4 is 11.1 Å². The van der Waals surface area contributed by atoms with Gasteiger partial charge in [0.15, 0.2) is 0 Å². The van der Waals surface area contributed by atoms with E-state index in [9.17, 15) is 9.59 Å². The smallest absolute Gasteiger partial charge is 0.254 e. The van der Waals surface area contributed by atoms with Crippen LogP contribution in [0.1, 0.15) is 37.0 Å². The molecule has 132 valence electrons. The molecule has 4 unspecified atom stereocenters. The fourth-order valence-corrected chi connectivity index (χ4v) is 3.41. The van der Waals surface area contributed by atoms with Crippen LogP contribution in [0.4, 0.5) is 5.69 Å². The highest BCUT2D eigenvalue weighted by Crippen LogP contribution is 2.38. The van der Waals surface area contributed by atoms with Crippen molar-refractivity contribution >= 4 is 29.9 Å². The second-order valence-electron chi connectivity index (χ2n) is 7.03. The summed E-state index contributed by atoms with van der Waals surface area (Å²) in [5, 5.41) is 2.92. The molecule has 0 bridgehead atoms. The third-order valence-electron chi connectivity index (χ3n) is 5.08. The van der Waals surface area contributed by atoms with E-state index in [0.29, 0.717) is 36.2 Å². The quantitative estimate of drug-likeness (QED) is 0.875. The molecular formula is C18H26ClN3O2. The number of carbonyl (C=O) groups is 2. The third-order valence-corrected chi connectivity index (χ3v) is 5.08. The summed E-state index contributed by atoms with van der Waals surface area (Å²) >= 11 is 0. The molecule has 1 aromatic carbocycles. The van der Waals surface area contributed by atoms with Crippen molar-refractivity contribution in [3.63, 3.8) is 0 Å². The Balaban J connectivity index is 0.00000208. The van der Waals surface area contributed by atoms with E-state index in [2.05, 4.69) is 19.2 Å². The zero-order valence-corrected chi connectivity index (χ0v) is 15.0. The summed E-state index contributed by atoms with van der Waals surface area (Å²) in [7, 11) is 0. The Morgan fingerprint density at radius 1 is 1.29 bits per heavy atom. The molecule has 3 N–H and O–H groups in total. The van der Waals surface area contributed by atoms with E-state index >= 15 is 0 Å². The minimum absolute atomic E-state index is 0. The van der Waals surface area contributed by atoms with Crippen LogP contribution in [0.3, 0.4) is 0 Å². The van der Waals surface area contributed by atoms with Crippen LogP contribution in [0.15, 0.2) is 24.3 Å². The van der Waals surface area contributed by atoms with Crippen LogP contribution in [0.5, 0.6) is 0 Å². The van der Waals surface area contributed by atoms with Gasteiger partial charge in [0.1, 0.15) is 0 Å². The van der Waals surface area contributed by atoms with Gasteiger partial charge >= 0.3 is 0 Å². The number of amides is 2. The number of halogens is 1. The van der Waals surface area contributed by atoms with E-state index in [1.807, 2.05) is 17.0 Å². The maximum Gasteiger partial charge on any atom is 0.254 e. The first-order chi connectivity index (χ1) is 11.0. The number of anilines is 1. The Labute approximate surface area is 149 Å². The Morgan fingerprint density at radius 2 is 2.00 bits per heavy atom. The largest absolute Gasteiger partial charge is 0.336 e. The topological polar surface area (TPSA) is 75.4 Å². The lowest BCUT2D eigenvalue weighted by Gasteiger charge is -2.22. The van der Waals surface area contributed by atoms with Crippen molar-refractivity contribution in [1.82, 2.24) is 4.90 Å². The lowest BCUT2D eigenvalue weighted by molar-refractivity contribution is -0.117. The second-order valence-corrected chi connectivity index (χ2v) is 7.03. The molecule has 6 heteroatoms. The van der Waals surface area contributed by atoms with Crippen molar-refractivity contribution in [2.45, 2.75) is 32.7 Å². The van der Waals surface area contributed by atoms with Gasteiger partial charge in [-0.3, -0.25) is 9.59 Å². The van der Waals surface area contributed by atoms with E-state index in [0.717, 1.165) is 12.8 Å². The first-order valence-corrected chi connectivity index (χ1v) is 8.41. The number of likely N-dealkylation sites (tertiary alicyclic amines) is 1. The lowest BCUT2D eigenvalue weighted by atomic mass is 10.1. The monoisotopic (exact) mass is 351 g/mol. The third kappa shape index (κ3) is 3.90. The molecule has 0 spiro atoms. The Morgan fingerprint density at radius 3 is 2.58 bits per heavy atom. The highest BCUT2D eigenvalue weighted by atomic mass is 35.5. The fraction of sp³-hybridized carbons (Fsp3) is 0.556. The van der Waals surface area contributed by atoms with Gasteiger partial charge in [0.25, 0.3) is 5.91 Å². The molecule has 1 aromatic rings. The van der Waals surface area contributed by atoms with Crippen LogP contribution in [0, 0.1) is 17.8 Å². The summed E-state index contributed by atoms with van der Waals surface area (Å²) in [6.45, 7) is 5.47. The molecule has 1 heterocycles. The van der Waals surface area contributed by atoms with Crippen LogP contribution in [0.25, 0.3) is 0 Å². The highest BCUT2D eigenvalue weighted by Gasteiger charge is 2.39. The van der Waals surface area contributed by atoms with Crippen molar-refractivity contribution in [2.24, 2.45) is 23.5 Å². The number of rotatable bonds is 4. The number of carbonyl (C=O) groups excluding carboxylic acids is 2. The van der Waals surface area contributed by atoms with E-state index in [4.69, 9.17) is 5.73 Å². The number of nitrogens with zero attached hydrogens (tertiary/aromatic N) is 1. The minimum Gasteiger partial charge on any atom is -0.336 e. The van der Waals surface area contributed by atoms with Crippen molar-refractivity contribution < 1.29 is 9.59 Å². The average Bonchev–Trinajstić information content (AvgIpc) is 3.15. The van der Waals surface area contributed by atoms with E-state index < -0.39 is 0 Å². The van der Waals surface area contributed by atoms with E-state index in [1.54, 1.807) is 12.1 Å². The molecule has 2 amide bonds. The summed E-state index contributed by atoms with van der Waals surface area (Å²) in [5.41, 5.74) is 7.05. The number of nitrogens with two attached hydrogens (primary N) is 1. The average molecular weight is 352 g/mol. The molecule has 3 rings (SSSR count). The summed E-state index contributed by atoms with van der Waals surface area (Å²) < 4.78 is 0. The fourth-order valence-electron chi connectivity index (χ4n) is 3.41. The minimum atomic E-state index is 0. The Hall–Kier alpha value is -1.59. The van der Waals surface area contributed by atoms with Crippen LogP contribution in [-0.4, -0.2) is 35.8 Å². The molecule has 1 aliphatic carbocycles. The standard InChI is InChI=1S/C18H25N3O2.ClH/c1-11-6-16(11)17(22)20-15-5-3-4-14(8-15)18(23)21-10-13(9-19)7-12(21)2;/h3-5,8,11-13,16H,6-7,9-10,19H2,1-2H3,(H,20,22);1H. The molecule has 1 saturated heterocycles. The van der Waals surface area contributed by atoms with Crippen molar-refractivity contribution in [3.8, 4) is 0 Å². The number of hydrogen-bond donors (Lipinski definition) is 2. The second kappa shape index (κ2) is 7.53. The number of benzene rings is 1. The summed E-state index contributed by atoms with van der Waals surface area (Å²) in [6.07, 6.45) is 1.91. The molecule has 2 aliphatic rings. The Bertz CT molecular complexity index is 622. The summed E-state index contributed by atoms with van der Waals surface area (Å²) in [5.74, 6) is 1.05. The van der Waals surface area contributed by atoms with Gasteiger partial charge < -0.3 is 16.0 Å². The van der Waals surface area contributed by atoms with E-state index in [1.165, 1.54) is 0 Å². The van der Waals surface area contributed by atoms with Gasteiger partial charge in [-0.2, -0.15) is 0 Å². The number of hydrogen-bond acceptors (Lipinski definition) is 3. The van der Waals surface area contributed by atoms with Crippen molar-refractivity contribution in [3.05, 3.63) is 29.8 Å². The predicted octanol–water partition coefficient (Wildman–Crippen LogP) is 2.51. The molecule has 0 aromatic heterocycles. The van der Waals surface area contributed by atoms with Gasteiger partial charge in [-0.1, -0.05) is 13.0 Å². The van der Waals surface area contributed by atoms with Crippen LogP contribution in [0.2, 0.25) is 0 Å². The predicted molar refractivity (Wildman–Crippen MR) is 97.3 cm³/mol. The molecule has 24 heavy (non-hydrogen) atoms. The van der Waals surface area contributed by atoms with Crippen LogP contribution >= 0.6 is 12.4 Å².